The molecule has 25 heavy (non-hydrogen) atoms. The number of nitrogens with zero attached hydrogens (tertiary/aromatic N) is 1. The summed E-state index contributed by atoms with van der Waals surface area (Å²) in [5, 5.41) is 20.0. The summed E-state index contributed by atoms with van der Waals surface area (Å²) >= 11 is 0. The second-order valence-electron chi connectivity index (χ2n) is 6.35. The van der Waals surface area contributed by atoms with E-state index in [0.717, 1.165) is 32.7 Å². The summed E-state index contributed by atoms with van der Waals surface area (Å²) in [4.78, 5) is 13.8. The number of nitro groups is 1. The van der Waals surface area contributed by atoms with Gasteiger partial charge in [-0.1, -0.05) is 0 Å². The standard InChI is InChI=1S/C16H23N3O6/c20-6-8-23-7-5-17-1-3-18(4-2-17)11-13-9-15-16(25-12-24-15)10-14(13)19(21)22/h9-10,20H,1-8,11-12H2/p+2. The molecule has 0 spiro atoms. The topological polar surface area (TPSA) is 99.9 Å². The summed E-state index contributed by atoms with van der Waals surface area (Å²) in [6, 6.07) is 3.21. The lowest BCUT2D eigenvalue weighted by Crippen LogP contribution is -3.27. The van der Waals surface area contributed by atoms with Crippen molar-refractivity contribution in [1.82, 2.24) is 0 Å². The van der Waals surface area contributed by atoms with Crippen molar-refractivity contribution in [2.45, 2.75) is 6.54 Å². The molecular weight excluding hydrogens is 330 g/mol. The zero-order valence-electron chi connectivity index (χ0n) is 14.2. The van der Waals surface area contributed by atoms with Gasteiger partial charge >= 0.3 is 0 Å². The first kappa shape index (κ1) is 17.9. The quantitative estimate of drug-likeness (QED) is 0.274. The molecule has 1 aromatic carbocycles. The summed E-state index contributed by atoms with van der Waals surface area (Å²) in [7, 11) is 0. The van der Waals surface area contributed by atoms with Crippen LogP contribution in [0.25, 0.3) is 0 Å². The molecule has 0 saturated carbocycles. The molecule has 138 valence electrons. The number of hydrogen-bond acceptors (Lipinski definition) is 6. The molecular formula is C16H25N3O6+2. The Morgan fingerprint density at radius 2 is 1.80 bits per heavy atom. The smallest absolute Gasteiger partial charge is 0.282 e. The van der Waals surface area contributed by atoms with Gasteiger partial charge in [0.25, 0.3) is 5.69 Å². The van der Waals surface area contributed by atoms with Gasteiger partial charge in [0.2, 0.25) is 6.79 Å². The van der Waals surface area contributed by atoms with E-state index in [0.29, 0.717) is 36.8 Å². The number of ether oxygens (including phenoxy) is 3. The summed E-state index contributed by atoms with van der Waals surface area (Å²) in [6.07, 6.45) is 0. The Kier molecular flexibility index (Phi) is 6.03. The van der Waals surface area contributed by atoms with Gasteiger partial charge in [0.05, 0.1) is 36.4 Å². The van der Waals surface area contributed by atoms with Crippen LogP contribution in [-0.2, 0) is 11.3 Å². The number of nitrogens with one attached hydrogen (secondary N) is 2. The molecule has 1 saturated heterocycles. The first-order chi connectivity index (χ1) is 12.2. The van der Waals surface area contributed by atoms with Gasteiger partial charge in [-0.2, -0.15) is 0 Å². The fourth-order valence-electron chi connectivity index (χ4n) is 3.32. The number of benzene rings is 1. The molecule has 9 heteroatoms. The molecule has 1 fully saturated rings. The van der Waals surface area contributed by atoms with Crippen LogP contribution in [0, 0.1) is 10.1 Å². The van der Waals surface area contributed by atoms with Gasteiger partial charge < -0.3 is 29.1 Å². The average Bonchev–Trinajstić information content (AvgIpc) is 3.06. The average molecular weight is 355 g/mol. The highest BCUT2D eigenvalue weighted by Crippen LogP contribution is 2.37. The van der Waals surface area contributed by atoms with Crippen molar-refractivity contribution in [3.63, 3.8) is 0 Å². The summed E-state index contributed by atoms with van der Waals surface area (Å²) in [6.45, 7) is 6.69. The summed E-state index contributed by atoms with van der Waals surface area (Å²) in [5.41, 5.74) is 0.794. The third-order valence-corrected chi connectivity index (χ3v) is 4.71. The number of nitro benzene ring substituents is 1. The van der Waals surface area contributed by atoms with Crippen LogP contribution in [0.2, 0.25) is 0 Å². The van der Waals surface area contributed by atoms with Crippen molar-refractivity contribution >= 4 is 5.69 Å². The maximum atomic E-state index is 11.4. The van der Waals surface area contributed by atoms with Crippen molar-refractivity contribution < 1.29 is 34.0 Å². The zero-order valence-corrected chi connectivity index (χ0v) is 14.2. The number of aliphatic hydroxyl groups is 1. The van der Waals surface area contributed by atoms with E-state index in [2.05, 4.69) is 0 Å². The highest BCUT2D eigenvalue weighted by Gasteiger charge is 2.28. The molecule has 0 bridgehead atoms. The van der Waals surface area contributed by atoms with Gasteiger partial charge in [0.1, 0.15) is 39.3 Å². The Morgan fingerprint density at radius 1 is 1.12 bits per heavy atom. The van der Waals surface area contributed by atoms with Crippen LogP contribution in [-0.4, -0.2) is 69.4 Å². The lowest BCUT2D eigenvalue weighted by molar-refractivity contribution is -1.02. The van der Waals surface area contributed by atoms with Gasteiger partial charge in [0.15, 0.2) is 11.5 Å². The Labute approximate surface area is 145 Å². The van der Waals surface area contributed by atoms with Crippen LogP contribution in [0.15, 0.2) is 12.1 Å². The van der Waals surface area contributed by atoms with Crippen molar-refractivity contribution in [2.24, 2.45) is 0 Å². The number of piperazine rings is 1. The second-order valence-corrected chi connectivity index (χ2v) is 6.35. The SMILES string of the molecule is O=[N+]([O-])c1cc2c(cc1C[NH+]1CC[NH+](CCOCCO)CC1)OCO2. The predicted molar refractivity (Wildman–Crippen MR) is 87.1 cm³/mol. The van der Waals surface area contributed by atoms with E-state index in [1.165, 1.54) is 15.9 Å². The molecule has 3 N–H and O–H groups in total. The Bertz CT molecular complexity index is 604. The number of rotatable bonds is 8. The van der Waals surface area contributed by atoms with E-state index < -0.39 is 0 Å². The van der Waals surface area contributed by atoms with Crippen LogP contribution >= 0.6 is 0 Å². The van der Waals surface area contributed by atoms with E-state index in [1.54, 1.807) is 6.07 Å². The van der Waals surface area contributed by atoms with Crippen LogP contribution in [0.5, 0.6) is 11.5 Å². The lowest BCUT2D eigenvalue weighted by atomic mass is 10.1. The maximum absolute atomic E-state index is 11.4. The molecule has 2 aliphatic heterocycles. The normalized spacial score (nSPS) is 22.1. The summed E-state index contributed by atoms with van der Waals surface area (Å²) < 4.78 is 15.9. The van der Waals surface area contributed by atoms with Crippen LogP contribution in [0.1, 0.15) is 5.56 Å². The van der Waals surface area contributed by atoms with E-state index in [4.69, 9.17) is 19.3 Å². The van der Waals surface area contributed by atoms with Gasteiger partial charge in [-0.05, 0) is 6.07 Å². The second kappa shape index (κ2) is 8.43. The van der Waals surface area contributed by atoms with Crippen molar-refractivity contribution in [3.8, 4) is 11.5 Å². The molecule has 0 aliphatic carbocycles. The number of hydrogen-bond donors (Lipinski definition) is 3. The molecule has 0 amide bonds. The number of quaternary nitrogens is 2. The van der Waals surface area contributed by atoms with Gasteiger partial charge in [-0.25, -0.2) is 0 Å². The largest absolute Gasteiger partial charge is 0.454 e. The Balaban J connectivity index is 1.54. The molecule has 1 aromatic rings. The first-order valence-corrected chi connectivity index (χ1v) is 8.60. The Hall–Kier alpha value is -1.94. The van der Waals surface area contributed by atoms with E-state index in [-0.39, 0.29) is 24.0 Å². The predicted octanol–water partition coefficient (Wildman–Crippen LogP) is -2.38. The number of aliphatic hydroxyl groups excluding tert-OH is 1. The van der Waals surface area contributed by atoms with Crippen molar-refractivity contribution in [1.29, 1.82) is 0 Å². The minimum absolute atomic E-state index is 0.0571. The van der Waals surface area contributed by atoms with E-state index in [9.17, 15) is 10.1 Å². The minimum Gasteiger partial charge on any atom is -0.454 e. The maximum Gasteiger partial charge on any atom is 0.282 e. The van der Waals surface area contributed by atoms with Crippen LogP contribution in [0.3, 0.4) is 0 Å². The number of fused-ring (bicyclic) bond motifs is 1. The van der Waals surface area contributed by atoms with Crippen molar-refractivity contribution in [2.75, 3.05) is 59.3 Å². The highest BCUT2D eigenvalue weighted by atomic mass is 16.7. The fourth-order valence-corrected chi connectivity index (χ4v) is 3.32. The molecule has 0 aromatic heterocycles. The third-order valence-electron chi connectivity index (χ3n) is 4.71. The lowest BCUT2D eigenvalue weighted by Gasteiger charge is -2.29. The van der Waals surface area contributed by atoms with Crippen LogP contribution < -0.4 is 19.3 Å². The molecule has 0 radical (unpaired) electrons. The Morgan fingerprint density at radius 3 is 2.48 bits per heavy atom. The molecule has 3 rings (SSSR count). The molecule has 0 atom stereocenters. The molecule has 2 heterocycles. The van der Waals surface area contributed by atoms with Crippen LogP contribution in [0.4, 0.5) is 5.69 Å². The van der Waals surface area contributed by atoms with Gasteiger partial charge in [-0.3, -0.25) is 10.1 Å². The van der Waals surface area contributed by atoms with E-state index >= 15 is 0 Å². The van der Waals surface area contributed by atoms with Gasteiger partial charge in [-0.15, -0.1) is 0 Å². The molecule has 2 aliphatic rings. The minimum atomic E-state index is -0.350. The first-order valence-electron chi connectivity index (χ1n) is 8.60. The molecule has 9 nitrogen and oxygen atoms in total. The third kappa shape index (κ3) is 4.57. The zero-order chi connectivity index (χ0) is 17.6. The fraction of sp³-hybridized carbons (Fsp3) is 0.625. The summed E-state index contributed by atoms with van der Waals surface area (Å²) in [5.74, 6) is 1.04. The van der Waals surface area contributed by atoms with Gasteiger partial charge in [0, 0.05) is 0 Å². The van der Waals surface area contributed by atoms with Crippen molar-refractivity contribution in [3.05, 3.63) is 27.8 Å². The highest BCUT2D eigenvalue weighted by molar-refractivity contribution is 5.54. The monoisotopic (exact) mass is 355 g/mol. The molecule has 0 unspecified atom stereocenters. The van der Waals surface area contributed by atoms with E-state index in [1.807, 2.05) is 0 Å².